The lowest BCUT2D eigenvalue weighted by atomic mass is 10.0. The number of esters is 3. The van der Waals surface area contributed by atoms with Crippen LogP contribution in [0.4, 0.5) is 0 Å². The molecule has 6 heteroatoms. The number of unbranched alkanes of at least 4 members (excludes halogenated alkanes) is 32. The molecule has 0 heterocycles. The van der Waals surface area contributed by atoms with E-state index in [2.05, 4.69) is 81.5 Å². The molecule has 0 rings (SSSR count). The monoisotopic (exact) mass is 951 g/mol. The highest BCUT2D eigenvalue weighted by Crippen LogP contribution is 2.16. The van der Waals surface area contributed by atoms with Crippen LogP contribution in [0.1, 0.15) is 297 Å². The first-order valence-corrected chi connectivity index (χ1v) is 29.3. The number of carbonyl (C=O) groups is 3. The van der Waals surface area contributed by atoms with E-state index in [-0.39, 0.29) is 37.5 Å². The van der Waals surface area contributed by atoms with Crippen molar-refractivity contribution in [2.45, 2.75) is 303 Å². The van der Waals surface area contributed by atoms with Crippen molar-refractivity contribution in [1.29, 1.82) is 0 Å². The lowest BCUT2D eigenvalue weighted by Crippen LogP contribution is -2.30. The van der Waals surface area contributed by atoms with E-state index in [0.29, 0.717) is 19.3 Å². The Hall–Kier alpha value is -2.89. The van der Waals surface area contributed by atoms with Gasteiger partial charge in [-0.05, 0) is 83.5 Å². The minimum Gasteiger partial charge on any atom is -0.462 e. The fourth-order valence-electron chi connectivity index (χ4n) is 8.31. The van der Waals surface area contributed by atoms with Crippen molar-refractivity contribution < 1.29 is 28.6 Å². The molecule has 0 bridgehead atoms. The number of allylic oxidation sites excluding steroid dienone is 10. The fourth-order valence-corrected chi connectivity index (χ4v) is 8.31. The molecule has 0 aliphatic carbocycles. The predicted molar refractivity (Wildman–Crippen MR) is 293 cm³/mol. The fraction of sp³-hybridized carbons (Fsp3) is 0.790. The lowest BCUT2D eigenvalue weighted by molar-refractivity contribution is -0.167. The van der Waals surface area contributed by atoms with Crippen LogP contribution in [0.3, 0.4) is 0 Å². The zero-order valence-corrected chi connectivity index (χ0v) is 45.1. The van der Waals surface area contributed by atoms with Gasteiger partial charge in [-0.3, -0.25) is 14.4 Å². The Morgan fingerprint density at radius 2 is 0.544 bits per heavy atom. The molecule has 0 saturated heterocycles. The van der Waals surface area contributed by atoms with E-state index < -0.39 is 6.10 Å². The second-order valence-electron chi connectivity index (χ2n) is 19.6. The van der Waals surface area contributed by atoms with Gasteiger partial charge in [0.25, 0.3) is 0 Å². The first-order chi connectivity index (χ1) is 33.5. The van der Waals surface area contributed by atoms with Crippen LogP contribution in [0.15, 0.2) is 60.8 Å². The predicted octanol–water partition coefficient (Wildman–Crippen LogP) is 19.6. The van der Waals surface area contributed by atoms with E-state index in [1.165, 1.54) is 186 Å². The first kappa shape index (κ1) is 65.1. The van der Waals surface area contributed by atoms with Crippen LogP contribution >= 0.6 is 0 Å². The van der Waals surface area contributed by atoms with Crippen LogP contribution in [0.25, 0.3) is 0 Å². The van der Waals surface area contributed by atoms with Gasteiger partial charge in [-0.25, -0.2) is 0 Å². The summed E-state index contributed by atoms with van der Waals surface area (Å²) in [5.41, 5.74) is 0. The van der Waals surface area contributed by atoms with Gasteiger partial charge in [0.1, 0.15) is 13.2 Å². The molecule has 0 aromatic carbocycles. The molecule has 1 atom stereocenters. The minimum absolute atomic E-state index is 0.0933. The smallest absolute Gasteiger partial charge is 0.306 e. The van der Waals surface area contributed by atoms with Crippen molar-refractivity contribution in [3.05, 3.63) is 60.8 Å². The molecule has 68 heavy (non-hydrogen) atoms. The highest BCUT2D eigenvalue weighted by molar-refractivity contribution is 5.71. The summed E-state index contributed by atoms with van der Waals surface area (Å²) in [7, 11) is 0. The topological polar surface area (TPSA) is 78.9 Å². The maximum atomic E-state index is 12.8. The summed E-state index contributed by atoms with van der Waals surface area (Å²) in [4.78, 5) is 38.1. The van der Waals surface area contributed by atoms with E-state index in [1.54, 1.807) is 0 Å². The molecule has 394 valence electrons. The zero-order valence-electron chi connectivity index (χ0n) is 45.1. The van der Waals surface area contributed by atoms with Crippen molar-refractivity contribution in [3.8, 4) is 0 Å². The summed E-state index contributed by atoms with van der Waals surface area (Å²) in [5, 5.41) is 0. The summed E-state index contributed by atoms with van der Waals surface area (Å²) < 4.78 is 16.8. The number of hydrogen-bond donors (Lipinski definition) is 0. The Morgan fingerprint density at radius 3 is 0.912 bits per heavy atom. The highest BCUT2D eigenvalue weighted by Gasteiger charge is 2.19. The van der Waals surface area contributed by atoms with Gasteiger partial charge in [0.15, 0.2) is 6.10 Å². The maximum absolute atomic E-state index is 12.8. The summed E-state index contributed by atoms with van der Waals surface area (Å²) >= 11 is 0. The van der Waals surface area contributed by atoms with Crippen molar-refractivity contribution in [1.82, 2.24) is 0 Å². The molecule has 0 unspecified atom stereocenters. The van der Waals surface area contributed by atoms with Gasteiger partial charge in [-0.2, -0.15) is 0 Å². The van der Waals surface area contributed by atoms with Crippen LogP contribution in [0, 0.1) is 0 Å². The third-order valence-electron chi connectivity index (χ3n) is 12.7. The van der Waals surface area contributed by atoms with Crippen LogP contribution in [0.5, 0.6) is 0 Å². The van der Waals surface area contributed by atoms with E-state index in [1.807, 2.05) is 0 Å². The second kappa shape index (κ2) is 56.7. The zero-order chi connectivity index (χ0) is 49.3. The average Bonchev–Trinajstić information content (AvgIpc) is 3.34. The van der Waals surface area contributed by atoms with E-state index >= 15 is 0 Å². The molecule has 0 radical (unpaired) electrons. The molecule has 0 fully saturated rings. The molecule has 0 saturated carbocycles. The Balaban J connectivity index is 4.38. The van der Waals surface area contributed by atoms with Gasteiger partial charge in [0.05, 0.1) is 0 Å². The quantitative estimate of drug-likeness (QED) is 0.0262. The number of rotatable bonds is 53. The summed E-state index contributed by atoms with van der Waals surface area (Å²) in [6.07, 6.45) is 70.8. The molecular formula is C62H110O6. The number of hydrogen-bond acceptors (Lipinski definition) is 6. The Kier molecular flexibility index (Phi) is 54.3. The number of ether oxygens (including phenoxy) is 3. The molecule has 0 aromatic heterocycles. The first-order valence-electron chi connectivity index (χ1n) is 29.3. The molecule has 0 spiro atoms. The van der Waals surface area contributed by atoms with Crippen molar-refractivity contribution in [3.63, 3.8) is 0 Å². The summed E-state index contributed by atoms with van der Waals surface area (Å²) in [6, 6.07) is 0. The average molecular weight is 952 g/mol. The number of carbonyl (C=O) groups excluding carboxylic acids is 3. The van der Waals surface area contributed by atoms with Gasteiger partial charge in [0, 0.05) is 19.3 Å². The third-order valence-corrected chi connectivity index (χ3v) is 12.7. The SMILES string of the molecule is CCCCC/C=C\C/C=C\C/C=C\C/C=C\CCCC(=O)O[C@@H](COC(=O)CCCCCCCCCCCCCC)COC(=O)CCCCCCCCCCCCC/C=C\CCCCCCCC. The van der Waals surface area contributed by atoms with Gasteiger partial charge in [-0.1, -0.05) is 255 Å². The largest absolute Gasteiger partial charge is 0.462 e. The molecule has 0 N–H and O–H groups in total. The summed E-state index contributed by atoms with van der Waals surface area (Å²) in [5.74, 6) is -0.939. The summed E-state index contributed by atoms with van der Waals surface area (Å²) in [6.45, 7) is 6.59. The van der Waals surface area contributed by atoms with Crippen molar-refractivity contribution >= 4 is 17.9 Å². The van der Waals surface area contributed by atoms with Gasteiger partial charge in [-0.15, -0.1) is 0 Å². The standard InChI is InChI=1S/C62H110O6/c1-4-7-10-13-16-19-22-25-27-29-30-31-32-34-35-37-40-43-46-49-52-55-61(64)67-58-59(57-66-60(63)54-51-48-45-42-39-24-21-18-15-12-9-6-3)68-62(65)56-53-50-47-44-41-38-36-33-28-26-23-20-17-14-11-8-5-2/h17,20,25-28,36,38,44,47,59H,4-16,18-19,21-24,29-35,37,39-43,45-46,48-58H2,1-3H3/b20-17-,27-25-,28-26-,38-36-,47-44-/t59-/m0/s1. The molecule has 6 nitrogen and oxygen atoms in total. The van der Waals surface area contributed by atoms with Crippen molar-refractivity contribution in [2.24, 2.45) is 0 Å². The Morgan fingerprint density at radius 1 is 0.294 bits per heavy atom. The van der Waals surface area contributed by atoms with Crippen LogP contribution in [0.2, 0.25) is 0 Å². The van der Waals surface area contributed by atoms with Crippen LogP contribution in [-0.2, 0) is 28.6 Å². The van der Waals surface area contributed by atoms with Gasteiger partial charge >= 0.3 is 17.9 Å². The molecule has 0 amide bonds. The van der Waals surface area contributed by atoms with E-state index in [0.717, 1.165) is 64.2 Å². The van der Waals surface area contributed by atoms with E-state index in [9.17, 15) is 14.4 Å². The van der Waals surface area contributed by atoms with Gasteiger partial charge in [0.2, 0.25) is 0 Å². The molecule has 0 aromatic rings. The molecule has 0 aliphatic heterocycles. The highest BCUT2D eigenvalue weighted by atomic mass is 16.6. The minimum atomic E-state index is -0.800. The normalized spacial score (nSPS) is 12.5. The van der Waals surface area contributed by atoms with E-state index in [4.69, 9.17) is 14.2 Å². The lowest BCUT2D eigenvalue weighted by Gasteiger charge is -2.18. The van der Waals surface area contributed by atoms with Crippen molar-refractivity contribution in [2.75, 3.05) is 13.2 Å². The third kappa shape index (κ3) is 54.1. The second-order valence-corrected chi connectivity index (χ2v) is 19.6. The molecular weight excluding hydrogens is 841 g/mol. The van der Waals surface area contributed by atoms with Gasteiger partial charge < -0.3 is 14.2 Å². The molecule has 0 aliphatic rings. The van der Waals surface area contributed by atoms with Crippen LogP contribution in [-0.4, -0.2) is 37.2 Å². The maximum Gasteiger partial charge on any atom is 0.306 e. The Bertz CT molecular complexity index is 1230. The van der Waals surface area contributed by atoms with Crippen LogP contribution < -0.4 is 0 Å². The Labute approximate surface area is 421 Å².